The van der Waals surface area contributed by atoms with Crippen LogP contribution in [0.15, 0.2) is 24.3 Å². The molecule has 1 aromatic carbocycles. The fourth-order valence-electron chi connectivity index (χ4n) is 1.39. The van der Waals surface area contributed by atoms with Crippen molar-refractivity contribution in [1.29, 1.82) is 0 Å². The molecule has 1 rings (SSSR count). The van der Waals surface area contributed by atoms with Crippen molar-refractivity contribution in [3.8, 4) is 5.75 Å². The largest absolute Gasteiger partial charge is 0.508 e. The van der Waals surface area contributed by atoms with Gasteiger partial charge in [0.05, 0.1) is 0 Å². The van der Waals surface area contributed by atoms with E-state index in [2.05, 4.69) is 0 Å². The number of benzene rings is 1. The van der Waals surface area contributed by atoms with E-state index in [0.717, 1.165) is 12.8 Å². The van der Waals surface area contributed by atoms with Crippen LogP contribution in [0.25, 0.3) is 0 Å². The van der Waals surface area contributed by atoms with Crippen molar-refractivity contribution in [2.75, 3.05) is 0 Å². The summed E-state index contributed by atoms with van der Waals surface area (Å²) in [5.74, 6) is 0.174. The highest BCUT2D eigenvalue weighted by Crippen LogP contribution is 2.29. The summed E-state index contributed by atoms with van der Waals surface area (Å²) in [6.45, 7) is 2.42. The number of hydrogen-bond acceptors (Lipinski definition) is 3. The van der Waals surface area contributed by atoms with Crippen molar-refractivity contribution in [3.05, 3.63) is 29.8 Å². The summed E-state index contributed by atoms with van der Waals surface area (Å²) in [5.41, 5.74) is 0.668. The van der Waals surface area contributed by atoms with Gasteiger partial charge in [-0.3, -0.25) is 4.79 Å². The average molecular weight is 194 g/mol. The van der Waals surface area contributed by atoms with Gasteiger partial charge in [0.1, 0.15) is 11.9 Å². The Labute approximate surface area is 83.3 Å². The smallest absolute Gasteiger partial charge is 0.293 e. The van der Waals surface area contributed by atoms with Crippen LogP contribution in [0.3, 0.4) is 0 Å². The molecule has 0 heterocycles. The highest BCUT2D eigenvalue weighted by Gasteiger charge is 2.14. The van der Waals surface area contributed by atoms with E-state index < -0.39 is 0 Å². The molecule has 0 bridgehead atoms. The van der Waals surface area contributed by atoms with Crippen molar-refractivity contribution < 1.29 is 14.6 Å². The molecule has 0 amide bonds. The summed E-state index contributed by atoms with van der Waals surface area (Å²) < 4.78 is 4.91. The maximum Gasteiger partial charge on any atom is 0.293 e. The zero-order valence-corrected chi connectivity index (χ0v) is 8.14. The van der Waals surface area contributed by atoms with E-state index in [-0.39, 0.29) is 11.9 Å². The minimum atomic E-state index is -0.335. The van der Waals surface area contributed by atoms with Crippen molar-refractivity contribution in [3.63, 3.8) is 0 Å². The van der Waals surface area contributed by atoms with Gasteiger partial charge in [0.25, 0.3) is 6.47 Å². The molecule has 0 aliphatic heterocycles. The monoisotopic (exact) mass is 194 g/mol. The van der Waals surface area contributed by atoms with Gasteiger partial charge in [0.15, 0.2) is 0 Å². The zero-order valence-electron chi connectivity index (χ0n) is 8.14. The number of rotatable bonds is 5. The maximum atomic E-state index is 10.3. The van der Waals surface area contributed by atoms with Crippen LogP contribution in [-0.2, 0) is 9.53 Å². The third-order valence-corrected chi connectivity index (χ3v) is 2.05. The minimum absolute atomic E-state index is 0.174. The van der Waals surface area contributed by atoms with E-state index >= 15 is 0 Å². The molecular formula is C11H14O3. The summed E-state index contributed by atoms with van der Waals surface area (Å²) in [6.07, 6.45) is 1.28. The van der Waals surface area contributed by atoms with Crippen LogP contribution in [0, 0.1) is 0 Å². The summed E-state index contributed by atoms with van der Waals surface area (Å²) >= 11 is 0. The molecule has 76 valence electrons. The highest BCUT2D eigenvalue weighted by atomic mass is 16.5. The molecule has 0 spiro atoms. The van der Waals surface area contributed by atoms with Crippen molar-refractivity contribution in [2.45, 2.75) is 25.9 Å². The standard InChI is InChI=1S/C11H14O3/c1-2-5-11(14-8-12)9-6-3-4-7-10(9)13/h3-4,6-8,11,13H,2,5H2,1H3. The predicted molar refractivity (Wildman–Crippen MR) is 52.9 cm³/mol. The Bertz CT molecular complexity index is 296. The number of carbonyl (C=O) groups is 1. The third kappa shape index (κ3) is 2.49. The minimum Gasteiger partial charge on any atom is -0.508 e. The van der Waals surface area contributed by atoms with Gasteiger partial charge >= 0.3 is 0 Å². The van der Waals surface area contributed by atoms with Crippen molar-refractivity contribution in [2.24, 2.45) is 0 Å². The van der Waals surface area contributed by atoms with Crippen molar-refractivity contribution in [1.82, 2.24) is 0 Å². The van der Waals surface area contributed by atoms with Crippen LogP contribution < -0.4 is 0 Å². The second kappa shape index (κ2) is 5.27. The predicted octanol–water partition coefficient (Wildman–Crippen LogP) is 2.41. The molecule has 3 nitrogen and oxygen atoms in total. The molecule has 0 aliphatic carbocycles. The van der Waals surface area contributed by atoms with Gasteiger partial charge in [-0.25, -0.2) is 0 Å². The molecule has 0 radical (unpaired) electrons. The van der Waals surface area contributed by atoms with Crippen LogP contribution in [-0.4, -0.2) is 11.6 Å². The molecule has 3 heteroatoms. The number of phenolic OH excluding ortho intramolecular Hbond substituents is 1. The molecule has 0 fully saturated rings. The number of aromatic hydroxyl groups is 1. The highest BCUT2D eigenvalue weighted by molar-refractivity contribution is 5.41. The zero-order chi connectivity index (χ0) is 10.4. The fourth-order valence-corrected chi connectivity index (χ4v) is 1.39. The van der Waals surface area contributed by atoms with Gasteiger partial charge in [-0.05, 0) is 12.5 Å². The first-order valence-electron chi connectivity index (χ1n) is 4.66. The summed E-state index contributed by atoms with van der Waals surface area (Å²) in [5, 5.41) is 9.54. The van der Waals surface area contributed by atoms with E-state index in [1.165, 1.54) is 0 Å². The number of carbonyl (C=O) groups excluding carboxylic acids is 1. The Kier molecular flexibility index (Phi) is 3.98. The Morgan fingerprint density at radius 2 is 2.21 bits per heavy atom. The van der Waals surface area contributed by atoms with Gasteiger partial charge in [-0.2, -0.15) is 0 Å². The normalized spacial score (nSPS) is 12.1. The summed E-state index contributed by atoms with van der Waals surface area (Å²) in [6, 6.07) is 6.90. The van der Waals surface area contributed by atoms with Crippen LogP contribution >= 0.6 is 0 Å². The van der Waals surface area contributed by atoms with E-state index in [1.54, 1.807) is 18.2 Å². The third-order valence-electron chi connectivity index (χ3n) is 2.05. The van der Waals surface area contributed by atoms with Gasteiger partial charge < -0.3 is 9.84 Å². The van der Waals surface area contributed by atoms with Crippen LogP contribution in [0.1, 0.15) is 31.4 Å². The van der Waals surface area contributed by atoms with Crippen molar-refractivity contribution >= 4 is 6.47 Å². The van der Waals surface area contributed by atoms with E-state index in [9.17, 15) is 9.90 Å². The van der Waals surface area contributed by atoms with Gasteiger partial charge in [0, 0.05) is 5.56 Å². The molecular weight excluding hydrogens is 180 g/mol. The second-order valence-corrected chi connectivity index (χ2v) is 3.07. The lowest BCUT2D eigenvalue weighted by Crippen LogP contribution is -2.03. The molecule has 0 aromatic heterocycles. The Morgan fingerprint density at radius 3 is 2.79 bits per heavy atom. The molecule has 0 saturated carbocycles. The SMILES string of the molecule is CCCC(OC=O)c1ccccc1O. The Morgan fingerprint density at radius 1 is 1.50 bits per heavy atom. The molecule has 14 heavy (non-hydrogen) atoms. The Balaban J connectivity index is 2.86. The van der Waals surface area contributed by atoms with Gasteiger partial charge in [-0.1, -0.05) is 31.5 Å². The van der Waals surface area contributed by atoms with Crippen LogP contribution in [0.5, 0.6) is 5.75 Å². The number of hydrogen-bond donors (Lipinski definition) is 1. The first-order valence-corrected chi connectivity index (χ1v) is 4.66. The first-order chi connectivity index (χ1) is 6.79. The number of ether oxygens (including phenoxy) is 1. The lowest BCUT2D eigenvalue weighted by atomic mass is 10.0. The van der Waals surface area contributed by atoms with Gasteiger partial charge in [0.2, 0.25) is 0 Å². The molecule has 0 aliphatic rings. The topological polar surface area (TPSA) is 46.5 Å². The van der Waals surface area contributed by atoms with Crippen LogP contribution in [0.4, 0.5) is 0 Å². The average Bonchev–Trinajstić information content (AvgIpc) is 2.18. The summed E-state index contributed by atoms with van der Waals surface area (Å²) in [7, 11) is 0. The van der Waals surface area contributed by atoms with E-state index in [1.807, 2.05) is 13.0 Å². The molecule has 1 atom stereocenters. The molecule has 1 aromatic rings. The lowest BCUT2D eigenvalue weighted by Gasteiger charge is -2.15. The maximum absolute atomic E-state index is 10.3. The molecule has 1 unspecified atom stereocenters. The van der Waals surface area contributed by atoms with E-state index in [0.29, 0.717) is 12.0 Å². The fraction of sp³-hybridized carbons (Fsp3) is 0.364. The van der Waals surface area contributed by atoms with E-state index in [4.69, 9.17) is 4.74 Å². The quantitative estimate of drug-likeness (QED) is 0.732. The molecule has 0 saturated heterocycles. The lowest BCUT2D eigenvalue weighted by molar-refractivity contribution is -0.134. The second-order valence-electron chi connectivity index (χ2n) is 3.07. The van der Waals surface area contributed by atoms with Crippen LogP contribution in [0.2, 0.25) is 0 Å². The molecule has 1 N–H and O–H groups in total. The summed E-state index contributed by atoms with van der Waals surface area (Å²) in [4.78, 5) is 10.3. The number of para-hydroxylation sites is 1. The van der Waals surface area contributed by atoms with Gasteiger partial charge in [-0.15, -0.1) is 0 Å². The Hall–Kier alpha value is -1.51. The first kappa shape index (κ1) is 10.6. The number of phenols is 1.